The van der Waals surface area contributed by atoms with Gasteiger partial charge in [0.2, 0.25) is 5.91 Å². The summed E-state index contributed by atoms with van der Waals surface area (Å²) in [7, 11) is 0. The van der Waals surface area contributed by atoms with Crippen LogP contribution in [0.5, 0.6) is 0 Å². The number of anilines is 2. The molecular formula is C14H15N3OS. The third-order valence-corrected chi connectivity index (χ3v) is 3.88. The van der Waals surface area contributed by atoms with Gasteiger partial charge in [-0.2, -0.15) is 0 Å². The molecule has 3 rings (SSSR count). The minimum Gasteiger partial charge on any atom is -0.377 e. The van der Waals surface area contributed by atoms with Crippen LogP contribution in [0, 0.1) is 0 Å². The van der Waals surface area contributed by atoms with Crippen LogP contribution in [0.15, 0.2) is 29.1 Å². The summed E-state index contributed by atoms with van der Waals surface area (Å²) in [5.41, 5.74) is 6.08. The summed E-state index contributed by atoms with van der Waals surface area (Å²) in [6, 6.07) is 6.25. The van der Waals surface area contributed by atoms with Crippen molar-refractivity contribution in [1.82, 2.24) is 4.98 Å². The van der Waals surface area contributed by atoms with Crippen LogP contribution in [-0.4, -0.2) is 10.9 Å². The fourth-order valence-electron chi connectivity index (χ4n) is 2.23. The zero-order valence-electron chi connectivity index (χ0n) is 10.6. The number of nitrogens with one attached hydrogen (secondary N) is 2. The van der Waals surface area contributed by atoms with Gasteiger partial charge in [0.25, 0.3) is 0 Å². The molecule has 0 saturated heterocycles. The quantitative estimate of drug-likeness (QED) is 0.903. The molecule has 98 valence electrons. The van der Waals surface area contributed by atoms with Crippen molar-refractivity contribution in [3.63, 3.8) is 0 Å². The third-order valence-electron chi connectivity index (χ3n) is 3.28. The Morgan fingerprint density at radius 3 is 3.11 bits per heavy atom. The van der Waals surface area contributed by atoms with E-state index in [4.69, 9.17) is 0 Å². The molecule has 0 fully saturated rings. The predicted molar refractivity (Wildman–Crippen MR) is 77.5 cm³/mol. The lowest BCUT2D eigenvalue weighted by atomic mass is 10.0. The summed E-state index contributed by atoms with van der Waals surface area (Å²) in [5.74, 6) is 0.101. The normalized spacial score (nSPS) is 15.5. The molecule has 1 atom stereocenters. The van der Waals surface area contributed by atoms with Gasteiger partial charge in [0.15, 0.2) is 0 Å². The van der Waals surface area contributed by atoms with E-state index < -0.39 is 0 Å². The van der Waals surface area contributed by atoms with E-state index in [-0.39, 0.29) is 11.9 Å². The number of hydrogen-bond acceptors (Lipinski definition) is 4. The molecule has 4 nitrogen and oxygen atoms in total. The summed E-state index contributed by atoms with van der Waals surface area (Å²) in [4.78, 5) is 15.6. The van der Waals surface area contributed by atoms with E-state index in [9.17, 15) is 4.79 Å². The number of rotatable bonds is 3. The van der Waals surface area contributed by atoms with Gasteiger partial charge in [-0.25, -0.2) is 4.98 Å². The standard InChI is InChI=1S/C14H15N3OS/c1-9(13-7-19-8-15-13)16-11-3-4-12-10(6-11)2-5-14(18)17-12/h3-4,6-9,16H,2,5H2,1H3,(H,17,18). The molecule has 0 aliphatic carbocycles. The highest BCUT2D eigenvalue weighted by Crippen LogP contribution is 2.27. The Balaban J connectivity index is 1.77. The maximum atomic E-state index is 11.3. The van der Waals surface area contributed by atoms with Gasteiger partial charge in [-0.15, -0.1) is 11.3 Å². The SMILES string of the molecule is CC(Nc1ccc2c(c1)CCC(=O)N2)c1cscn1. The van der Waals surface area contributed by atoms with Gasteiger partial charge >= 0.3 is 0 Å². The second kappa shape index (κ2) is 5.01. The maximum absolute atomic E-state index is 11.3. The van der Waals surface area contributed by atoms with Crippen molar-refractivity contribution in [2.24, 2.45) is 0 Å². The minimum absolute atomic E-state index is 0.101. The molecule has 2 N–H and O–H groups in total. The number of amides is 1. The number of aryl methyl sites for hydroxylation is 1. The largest absolute Gasteiger partial charge is 0.377 e. The van der Waals surface area contributed by atoms with Gasteiger partial charge in [0.1, 0.15) is 0 Å². The Kier molecular flexibility index (Phi) is 3.21. The minimum atomic E-state index is 0.101. The van der Waals surface area contributed by atoms with E-state index in [0.717, 1.165) is 23.5 Å². The average molecular weight is 273 g/mol. The van der Waals surface area contributed by atoms with Gasteiger partial charge in [0, 0.05) is 23.2 Å². The number of thiazole rings is 1. The summed E-state index contributed by atoms with van der Waals surface area (Å²) >= 11 is 1.60. The molecule has 0 radical (unpaired) electrons. The first-order valence-electron chi connectivity index (χ1n) is 6.30. The van der Waals surface area contributed by atoms with Crippen LogP contribution >= 0.6 is 11.3 Å². The fourth-order valence-corrected chi connectivity index (χ4v) is 2.88. The first-order valence-corrected chi connectivity index (χ1v) is 7.24. The van der Waals surface area contributed by atoms with Crippen LogP contribution in [0.2, 0.25) is 0 Å². The Morgan fingerprint density at radius 2 is 2.32 bits per heavy atom. The predicted octanol–water partition coefficient (Wildman–Crippen LogP) is 3.20. The Morgan fingerprint density at radius 1 is 1.42 bits per heavy atom. The van der Waals surface area contributed by atoms with E-state index in [1.807, 2.05) is 17.6 Å². The molecule has 1 unspecified atom stereocenters. The number of carbonyl (C=O) groups excluding carboxylic acids is 1. The summed E-state index contributed by atoms with van der Waals surface area (Å²) in [6.07, 6.45) is 1.37. The molecule has 2 aromatic rings. The van der Waals surface area contributed by atoms with Crippen molar-refractivity contribution in [2.45, 2.75) is 25.8 Å². The van der Waals surface area contributed by atoms with Crippen molar-refractivity contribution in [1.29, 1.82) is 0 Å². The maximum Gasteiger partial charge on any atom is 0.224 e. The lowest BCUT2D eigenvalue weighted by Crippen LogP contribution is -2.19. The van der Waals surface area contributed by atoms with E-state index in [0.29, 0.717) is 6.42 Å². The van der Waals surface area contributed by atoms with Gasteiger partial charge in [0.05, 0.1) is 17.2 Å². The highest BCUT2D eigenvalue weighted by molar-refractivity contribution is 7.07. The van der Waals surface area contributed by atoms with Crippen LogP contribution < -0.4 is 10.6 Å². The first kappa shape index (κ1) is 12.2. The lowest BCUT2D eigenvalue weighted by molar-refractivity contribution is -0.116. The van der Waals surface area contributed by atoms with Crippen LogP contribution in [0.25, 0.3) is 0 Å². The number of nitrogens with zero attached hydrogens (tertiary/aromatic N) is 1. The van der Waals surface area contributed by atoms with Crippen LogP contribution in [0.3, 0.4) is 0 Å². The number of aromatic nitrogens is 1. The van der Waals surface area contributed by atoms with Crippen LogP contribution in [-0.2, 0) is 11.2 Å². The molecule has 1 aliphatic rings. The highest BCUT2D eigenvalue weighted by Gasteiger charge is 2.15. The van der Waals surface area contributed by atoms with Gasteiger partial charge < -0.3 is 10.6 Å². The second-order valence-corrected chi connectivity index (χ2v) is 5.42. The van der Waals surface area contributed by atoms with E-state index in [1.165, 1.54) is 5.56 Å². The number of carbonyl (C=O) groups is 1. The number of benzene rings is 1. The molecular weight excluding hydrogens is 258 g/mol. The molecule has 0 bridgehead atoms. The second-order valence-electron chi connectivity index (χ2n) is 4.70. The molecule has 19 heavy (non-hydrogen) atoms. The van der Waals surface area contributed by atoms with E-state index >= 15 is 0 Å². The van der Waals surface area contributed by atoms with E-state index in [2.05, 4.69) is 34.0 Å². The van der Waals surface area contributed by atoms with Crippen molar-refractivity contribution in [2.75, 3.05) is 10.6 Å². The topological polar surface area (TPSA) is 54.0 Å². The third kappa shape index (κ3) is 2.61. The molecule has 0 saturated carbocycles. The molecule has 1 aliphatic heterocycles. The number of fused-ring (bicyclic) bond motifs is 1. The van der Waals surface area contributed by atoms with Crippen LogP contribution in [0.1, 0.15) is 30.6 Å². The summed E-state index contributed by atoms with van der Waals surface area (Å²) in [6.45, 7) is 2.09. The smallest absolute Gasteiger partial charge is 0.224 e. The van der Waals surface area contributed by atoms with Crippen molar-refractivity contribution in [3.05, 3.63) is 40.3 Å². The zero-order valence-corrected chi connectivity index (χ0v) is 11.5. The van der Waals surface area contributed by atoms with Crippen molar-refractivity contribution in [3.8, 4) is 0 Å². The fraction of sp³-hybridized carbons (Fsp3) is 0.286. The molecule has 0 spiro atoms. The average Bonchev–Trinajstić information content (AvgIpc) is 2.93. The van der Waals surface area contributed by atoms with Crippen molar-refractivity contribution < 1.29 is 4.79 Å². The Hall–Kier alpha value is -1.88. The molecule has 1 amide bonds. The number of hydrogen-bond donors (Lipinski definition) is 2. The first-order chi connectivity index (χ1) is 9.22. The Bertz CT molecular complexity index is 595. The zero-order chi connectivity index (χ0) is 13.2. The van der Waals surface area contributed by atoms with E-state index in [1.54, 1.807) is 11.3 Å². The van der Waals surface area contributed by atoms with Gasteiger partial charge in [-0.3, -0.25) is 4.79 Å². The van der Waals surface area contributed by atoms with Gasteiger partial charge in [-0.1, -0.05) is 0 Å². The monoisotopic (exact) mass is 273 g/mol. The van der Waals surface area contributed by atoms with Crippen LogP contribution in [0.4, 0.5) is 11.4 Å². The summed E-state index contributed by atoms with van der Waals surface area (Å²) in [5, 5.41) is 8.38. The molecule has 1 aromatic carbocycles. The molecule has 2 heterocycles. The highest BCUT2D eigenvalue weighted by atomic mass is 32.1. The lowest BCUT2D eigenvalue weighted by Gasteiger charge is -2.19. The van der Waals surface area contributed by atoms with Crippen molar-refractivity contribution >= 4 is 28.6 Å². The molecule has 1 aromatic heterocycles. The Labute approximate surface area is 115 Å². The molecule has 5 heteroatoms. The summed E-state index contributed by atoms with van der Waals surface area (Å²) < 4.78 is 0. The van der Waals surface area contributed by atoms with Gasteiger partial charge in [-0.05, 0) is 37.1 Å².